The Morgan fingerprint density at radius 2 is 1.63 bits per heavy atom. The van der Waals surface area contributed by atoms with Crippen LogP contribution in [0.3, 0.4) is 0 Å². The van der Waals surface area contributed by atoms with Crippen molar-refractivity contribution in [1.82, 2.24) is 10.6 Å². The molecule has 1 aliphatic heterocycles. The highest BCUT2D eigenvalue weighted by Crippen LogP contribution is 2.65. The zero-order valence-electron chi connectivity index (χ0n) is 30.1. The molecule has 1 saturated heterocycles. The van der Waals surface area contributed by atoms with Crippen LogP contribution in [0.1, 0.15) is 106 Å². The minimum atomic E-state index is -3.42. The molecule has 2 bridgehead atoms. The topological polar surface area (TPSA) is 128 Å². The van der Waals surface area contributed by atoms with Gasteiger partial charge in [-0.1, -0.05) is 65.3 Å². The van der Waals surface area contributed by atoms with E-state index in [2.05, 4.69) is 52.2 Å². The van der Waals surface area contributed by atoms with Crippen LogP contribution in [0.25, 0.3) is 0 Å². The Hall–Kier alpha value is -3.02. The Balaban J connectivity index is 1.32. The Morgan fingerprint density at radius 3 is 2.22 bits per heavy atom. The molecule has 2 aromatic carbocycles. The number of benzene rings is 2. The SMILES string of the molecule is CCCCc1ccc(C(=O)C[C@@H](CNC(=O)c2ccc(S(C)(=O)=O)cc2)C(=O)N[C@@H](CC(C)C)B2O[C@@H]3C[C@@H]4C[C@@H](C4(C)C)[C@]3(C)O2)cc1. The molecule has 0 unspecified atom stereocenters. The molecule has 6 atom stereocenters. The fourth-order valence-corrected chi connectivity index (χ4v) is 8.76. The number of rotatable bonds is 15. The molecule has 0 radical (unpaired) electrons. The highest BCUT2D eigenvalue weighted by atomic mass is 32.2. The van der Waals surface area contributed by atoms with Crippen molar-refractivity contribution in [1.29, 1.82) is 0 Å². The van der Waals surface area contributed by atoms with E-state index < -0.39 is 40.3 Å². The van der Waals surface area contributed by atoms with Crippen LogP contribution < -0.4 is 10.6 Å². The molecule has 0 spiro atoms. The van der Waals surface area contributed by atoms with Crippen LogP contribution in [0.5, 0.6) is 0 Å². The number of nitrogens with one attached hydrogen (secondary N) is 2. The average Bonchev–Trinajstić information content (AvgIpc) is 3.42. The van der Waals surface area contributed by atoms with Crippen molar-refractivity contribution in [3.05, 3.63) is 65.2 Å². The molecule has 2 N–H and O–H groups in total. The summed E-state index contributed by atoms with van der Waals surface area (Å²) in [6.07, 6.45) is 6.73. The summed E-state index contributed by atoms with van der Waals surface area (Å²) >= 11 is 0. The maximum atomic E-state index is 14.1. The predicted molar refractivity (Wildman–Crippen MR) is 191 cm³/mol. The number of carbonyl (C=O) groups excluding carboxylic acids is 3. The highest BCUT2D eigenvalue weighted by Gasteiger charge is 2.68. The number of ketones is 1. The summed E-state index contributed by atoms with van der Waals surface area (Å²) in [4.78, 5) is 40.9. The van der Waals surface area contributed by atoms with Gasteiger partial charge in [0.05, 0.1) is 28.5 Å². The summed E-state index contributed by atoms with van der Waals surface area (Å²) in [7, 11) is -4.04. The molecule has 11 heteroatoms. The molecular weight excluding hydrogens is 639 g/mol. The van der Waals surface area contributed by atoms with Crippen molar-refractivity contribution in [3.8, 4) is 0 Å². The number of Topliss-reactive ketones (excluding diaryl/α,β-unsaturated/α-hetero) is 1. The van der Waals surface area contributed by atoms with E-state index in [4.69, 9.17) is 9.31 Å². The van der Waals surface area contributed by atoms with Gasteiger partial charge < -0.3 is 19.9 Å². The van der Waals surface area contributed by atoms with E-state index >= 15 is 0 Å². The van der Waals surface area contributed by atoms with Gasteiger partial charge in [0.1, 0.15) is 0 Å². The fourth-order valence-electron chi connectivity index (χ4n) is 8.13. The largest absolute Gasteiger partial charge is 0.481 e. The van der Waals surface area contributed by atoms with Crippen LogP contribution in [-0.4, -0.2) is 63.6 Å². The number of carbonyl (C=O) groups is 3. The second-order valence-electron chi connectivity index (χ2n) is 15.7. The Bertz CT molecular complexity index is 1630. The zero-order valence-corrected chi connectivity index (χ0v) is 30.9. The van der Waals surface area contributed by atoms with Crippen molar-refractivity contribution in [3.63, 3.8) is 0 Å². The maximum absolute atomic E-state index is 14.1. The van der Waals surface area contributed by atoms with Crippen LogP contribution in [-0.2, 0) is 30.4 Å². The number of aryl methyl sites for hydroxylation is 1. The summed E-state index contributed by atoms with van der Waals surface area (Å²) < 4.78 is 37.1. The molecule has 9 nitrogen and oxygen atoms in total. The lowest BCUT2D eigenvalue weighted by Crippen LogP contribution is -2.65. The number of sulfone groups is 1. The highest BCUT2D eigenvalue weighted by molar-refractivity contribution is 7.90. The second-order valence-corrected chi connectivity index (χ2v) is 17.7. The third kappa shape index (κ3) is 8.15. The van der Waals surface area contributed by atoms with Gasteiger partial charge in [-0.25, -0.2) is 8.42 Å². The molecule has 0 aromatic heterocycles. The minimum absolute atomic E-state index is 0.0353. The Labute approximate surface area is 292 Å². The molecule has 4 aliphatic rings. The standard InChI is InChI=1S/C38H53BN2O7S/c1-8-9-10-25-11-13-26(14-12-25)31(42)20-28(23-40-35(43)27-15-17-30(18-16-27)49(7,45)46)36(44)41-34(19-24(2)3)39-47-33-22-29-21-32(37(29,4)5)38(33,6)48-39/h11-18,24,28-29,32-34H,8-10,19-23H2,1-7H3,(H,40,43)(H,41,44)/t28-,29-,32-,33+,34-,38-/m0/s1. The Kier molecular flexibility index (Phi) is 11.2. The first-order chi connectivity index (χ1) is 23.0. The van der Waals surface area contributed by atoms with E-state index in [0.29, 0.717) is 23.8 Å². The molecule has 4 fully saturated rings. The number of amides is 2. The van der Waals surface area contributed by atoms with Gasteiger partial charge in [-0.15, -0.1) is 0 Å². The van der Waals surface area contributed by atoms with E-state index in [9.17, 15) is 22.8 Å². The lowest BCUT2D eigenvalue weighted by atomic mass is 9.43. The van der Waals surface area contributed by atoms with Crippen LogP contribution in [0, 0.1) is 29.1 Å². The predicted octanol–water partition coefficient (Wildman–Crippen LogP) is 5.85. The van der Waals surface area contributed by atoms with Gasteiger partial charge >= 0.3 is 7.12 Å². The van der Waals surface area contributed by atoms with E-state index in [1.807, 2.05) is 12.1 Å². The smallest absolute Gasteiger partial charge is 0.404 e. The van der Waals surface area contributed by atoms with Crippen LogP contribution in [0.4, 0.5) is 0 Å². The van der Waals surface area contributed by atoms with E-state index in [1.54, 1.807) is 12.1 Å². The van der Waals surface area contributed by atoms with E-state index in [-0.39, 0.29) is 52.6 Å². The van der Waals surface area contributed by atoms with Crippen molar-refractivity contribution in [2.75, 3.05) is 12.8 Å². The minimum Gasteiger partial charge on any atom is -0.404 e. The maximum Gasteiger partial charge on any atom is 0.481 e. The van der Waals surface area contributed by atoms with Gasteiger partial charge in [0.15, 0.2) is 15.6 Å². The first-order valence-electron chi connectivity index (χ1n) is 17.9. The van der Waals surface area contributed by atoms with Crippen molar-refractivity contribution in [2.24, 2.45) is 29.1 Å². The molecule has 1 heterocycles. The van der Waals surface area contributed by atoms with Gasteiger partial charge in [0.2, 0.25) is 5.91 Å². The number of unbranched alkanes of at least 4 members (excludes halogenated alkanes) is 1. The number of hydrogen-bond acceptors (Lipinski definition) is 7. The molecule has 2 aromatic rings. The normalized spacial score (nSPS) is 25.2. The van der Waals surface area contributed by atoms with Gasteiger partial charge in [0, 0.05) is 30.3 Å². The van der Waals surface area contributed by atoms with Crippen molar-refractivity contribution >= 4 is 34.6 Å². The summed E-state index contributed by atoms with van der Waals surface area (Å²) in [5.74, 6) is -1.11. The van der Waals surface area contributed by atoms with Crippen LogP contribution in [0.2, 0.25) is 0 Å². The molecule has 6 rings (SSSR count). The summed E-state index contributed by atoms with van der Waals surface area (Å²) in [5, 5.41) is 6.00. The Morgan fingerprint density at radius 1 is 0.980 bits per heavy atom. The lowest BCUT2D eigenvalue weighted by Gasteiger charge is -2.64. The molecule has 3 saturated carbocycles. The molecular formula is C38H53BN2O7S. The summed E-state index contributed by atoms with van der Waals surface area (Å²) in [5.41, 5.74) is 1.68. The average molecular weight is 693 g/mol. The van der Waals surface area contributed by atoms with Gasteiger partial charge in [-0.2, -0.15) is 0 Å². The molecule has 2 amide bonds. The lowest BCUT2D eigenvalue weighted by molar-refractivity contribution is -0.199. The van der Waals surface area contributed by atoms with Gasteiger partial charge in [-0.3, -0.25) is 14.4 Å². The van der Waals surface area contributed by atoms with Crippen molar-refractivity contribution in [2.45, 2.75) is 109 Å². The molecule has 266 valence electrons. The van der Waals surface area contributed by atoms with Crippen LogP contribution in [0.15, 0.2) is 53.4 Å². The second kappa shape index (κ2) is 14.7. The first-order valence-corrected chi connectivity index (χ1v) is 19.8. The third-order valence-electron chi connectivity index (χ3n) is 11.3. The summed E-state index contributed by atoms with van der Waals surface area (Å²) in [6, 6.07) is 13.2. The third-order valence-corrected chi connectivity index (χ3v) is 12.4. The monoisotopic (exact) mass is 692 g/mol. The van der Waals surface area contributed by atoms with Gasteiger partial charge in [0.25, 0.3) is 5.91 Å². The van der Waals surface area contributed by atoms with E-state index in [0.717, 1.165) is 43.9 Å². The fraction of sp³-hybridized carbons (Fsp3) is 0.605. The molecule has 3 aliphatic carbocycles. The first kappa shape index (κ1) is 37.2. The van der Waals surface area contributed by atoms with Gasteiger partial charge in [-0.05, 0) is 92.0 Å². The molecule has 49 heavy (non-hydrogen) atoms. The van der Waals surface area contributed by atoms with Crippen molar-refractivity contribution < 1.29 is 32.1 Å². The van der Waals surface area contributed by atoms with E-state index in [1.165, 1.54) is 24.3 Å². The number of hydrogen-bond donors (Lipinski definition) is 2. The summed E-state index contributed by atoms with van der Waals surface area (Å²) in [6.45, 7) is 13.0. The quantitative estimate of drug-likeness (QED) is 0.177. The zero-order chi connectivity index (χ0) is 35.7. The van der Waals surface area contributed by atoms with Crippen LogP contribution >= 0.6 is 0 Å².